The van der Waals surface area contributed by atoms with E-state index in [-0.39, 0.29) is 12.0 Å². The lowest BCUT2D eigenvalue weighted by Crippen LogP contribution is -2.37. The monoisotopic (exact) mass is 278 g/mol. The lowest BCUT2D eigenvalue weighted by molar-refractivity contribution is 0.0520. The number of hydrogen-bond acceptors (Lipinski definition) is 3. The Hall–Kier alpha value is -1.55. The first-order valence-electron chi connectivity index (χ1n) is 7.03. The van der Waals surface area contributed by atoms with Gasteiger partial charge in [-0.2, -0.15) is 0 Å². The van der Waals surface area contributed by atoms with Gasteiger partial charge in [-0.25, -0.2) is 4.79 Å². The zero-order chi connectivity index (χ0) is 15.2. The second-order valence-electron chi connectivity index (χ2n) is 6.12. The third-order valence-electron chi connectivity index (χ3n) is 3.04. The molecule has 0 aromatic heterocycles. The number of carbonyl (C=O) groups is 1. The number of hydrogen-bond donors (Lipinski definition) is 2. The largest absolute Gasteiger partial charge is 0.444 e. The summed E-state index contributed by atoms with van der Waals surface area (Å²) in [5, 5.41) is 2.79. The van der Waals surface area contributed by atoms with E-state index in [9.17, 15) is 4.79 Å². The van der Waals surface area contributed by atoms with Gasteiger partial charge in [0.1, 0.15) is 5.60 Å². The van der Waals surface area contributed by atoms with Gasteiger partial charge in [0, 0.05) is 6.54 Å². The summed E-state index contributed by atoms with van der Waals surface area (Å²) in [4.78, 5) is 11.6. The molecule has 1 rings (SSSR count). The van der Waals surface area contributed by atoms with Crippen LogP contribution in [-0.4, -0.2) is 24.8 Å². The van der Waals surface area contributed by atoms with Crippen LogP contribution in [0.5, 0.6) is 0 Å². The van der Waals surface area contributed by atoms with Crippen molar-refractivity contribution in [3.63, 3.8) is 0 Å². The Kier molecular flexibility index (Phi) is 6.02. The van der Waals surface area contributed by atoms with E-state index in [1.165, 1.54) is 11.1 Å². The van der Waals surface area contributed by atoms with Crippen LogP contribution in [0.15, 0.2) is 24.3 Å². The van der Waals surface area contributed by atoms with Crippen LogP contribution in [0, 0.1) is 12.8 Å². The molecule has 0 aliphatic carbocycles. The average Bonchev–Trinajstić information content (AvgIpc) is 2.34. The Bertz CT molecular complexity index is 438. The van der Waals surface area contributed by atoms with Gasteiger partial charge in [0.05, 0.1) is 0 Å². The van der Waals surface area contributed by atoms with Crippen LogP contribution in [0.3, 0.4) is 0 Å². The van der Waals surface area contributed by atoms with E-state index in [0.29, 0.717) is 13.1 Å². The zero-order valence-corrected chi connectivity index (χ0v) is 12.9. The van der Waals surface area contributed by atoms with Gasteiger partial charge in [-0.1, -0.05) is 24.3 Å². The van der Waals surface area contributed by atoms with E-state index < -0.39 is 5.60 Å². The Labute approximate surface area is 121 Å². The zero-order valence-electron chi connectivity index (χ0n) is 12.9. The van der Waals surface area contributed by atoms with Crippen molar-refractivity contribution in [2.24, 2.45) is 11.7 Å². The minimum absolute atomic E-state index is 0.212. The highest BCUT2D eigenvalue weighted by Crippen LogP contribution is 2.13. The van der Waals surface area contributed by atoms with Gasteiger partial charge >= 0.3 is 6.09 Å². The smallest absolute Gasteiger partial charge is 0.407 e. The lowest BCUT2D eigenvalue weighted by atomic mass is 9.96. The summed E-state index contributed by atoms with van der Waals surface area (Å²) in [5.41, 5.74) is 7.84. The van der Waals surface area contributed by atoms with Gasteiger partial charge in [0.2, 0.25) is 0 Å². The summed E-state index contributed by atoms with van der Waals surface area (Å²) in [7, 11) is 0. The SMILES string of the molecule is Cc1ccccc1CC(CN)CNC(=O)OC(C)(C)C. The first-order chi connectivity index (χ1) is 9.31. The molecule has 4 heteroatoms. The molecule has 0 saturated carbocycles. The number of alkyl carbamates (subject to hydrolysis) is 1. The van der Waals surface area contributed by atoms with Crippen molar-refractivity contribution in [1.82, 2.24) is 5.32 Å². The van der Waals surface area contributed by atoms with Crippen molar-refractivity contribution >= 4 is 6.09 Å². The van der Waals surface area contributed by atoms with Gasteiger partial charge in [-0.05, 0) is 57.7 Å². The third kappa shape index (κ3) is 6.06. The number of carbonyl (C=O) groups excluding carboxylic acids is 1. The van der Waals surface area contributed by atoms with Gasteiger partial charge in [-0.15, -0.1) is 0 Å². The van der Waals surface area contributed by atoms with Crippen LogP contribution in [0.1, 0.15) is 31.9 Å². The fourth-order valence-corrected chi connectivity index (χ4v) is 1.93. The maximum Gasteiger partial charge on any atom is 0.407 e. The first-order valence-corrected chi connectivity index (χ1v) is 7.03. The minimum atomic E-state index is -0.474. The molecule has 0 fully saturated rings. The fourth-order valence-electron chi connectivity index (χ4n) is 1.93. The van der Waals surface area contributed by atoms with Crippen LogP contribution >= 0.6 is 0 Å². The van der Waals surface area contributed by atoms with Gasteiger partial charge in [0.15, 0.2) is 0 Å². The fraction of sp³-hybridized carbons (Fsp3) is 0.562. The summed E-state index contributed by atoms with van der Waals surface area (Å²) in [5.74, 6) is 0.212. The van der Waals surface area contributed by atoms with E-state index in [1.807, 2.05) is 32.9 Å². The molecular formula is C16H26N2O2. The molecule has 4 nitrogen and oxygen atoms in total. The molecule has 20 heavy (non-hydrogen) atoms. The second-order valence-corrected chi connectivity index (χ2v) is 6.12. The third-order valence-corrected chi connectivity index (χ3v) is 3.04. The predicted molar refractivity (Wildman–Crippen MR) is 81.7 cm³/mol. The first kappa shape index (κ1) is 16.5. The summed E-state index contributed by atoms with van der Waals surface area (Å²) in [6.07, 6.45) is 0.472. The Morgan fingerprint density at radius 2 is 2.00 bits per heavy atom. The number of amides is 1. The topological polar surface area (TPSA) is 64.3 Å². The van der Waals surface area contributed by atoms with Crippen LogP contribution in [0.4, 0.5) is 4.79 Å². The highest BCUT2D eigenvalue weighted by molar-refractivity contribution is 5.67. The van der Waals surface area contributed by atoms with Crippen LogP contribution in [0.25, 0.3) is 0 Å². The average molecular weight is 278 g/mol. The summed E-state index contributed by atoms with van der Waals surface area (Å²) < 4.78 is 5.22. The molecule has 0 heterocycles. The van der Waals surface area contributed by atoms with Crippen molar-refractivity contribution in [2.75, 3.05) is 13.1 Å². The highest BCUT2D eigenvalue weighted by atomic mass is 16.6. The molecule has 0 saturated heterocycles. The van der Waals surface area contributed by atoms with Crippen molar-refractivity contribution in [3.05, 3.63) is 35.4 Å². The molecule has 1 aromatic carbocycles. The minimum Gasteiger partial charge on any atom is -0.444 e. The highest BCUT2D eigenvalue weighted by Gasteiger charge is 2.17. The number of aryl methyl sites for hydroxylation is 1. The standard InChI is InChI=1S/C16H26N2O2/c1-12-7-5-6-8-14(12)9-13(10-17)11-18-15(19)20-16(2,3)4/h5-8,13H,9-11,17H2,1-4H3,(H,18,19). The van der Waals surface area contributed by atoms with Crippen molar-refractivity contribution in [1.29, 1.82) is 0 Å². The molecule has 0 aliphatic heterocycles. The number of nitrogens with one attached hydrogen (secondary N) is 1. The number of nitrogens with two attached hydrogens (primary N) is 1. The maximum atomic E-state index is 11.6. The maximum absolute atomic E-state index is 11.6. The molecule has 112 valence electrons. The molecule has 1 aromatic rings. The van der Waals surface area contributed by atoms with Gasteiger partial charge < -0.3 is 15.8 Å². The summed E-state index contributed by atoms with van der Waals surface area (Å²) in [6.45, 7) is 8.69. The van der Waals surface area contributed by atoms with E-state index in [2.05, 4.69) is 24.4 Å². The van der Waals surface area contributed by atoms with E-state index >= 15 is 0 Å². The van der Waals surface area contributed by atoms with Gasteiger partial charge in [0.25, 0.3) is 0 Å². The van der Waals surface area contributed by atoms with Crippen LogP contribution < -0.4 is 11.1 Å². The molecule has 1 atom stereocenters. The number of benzene rings is 1. The van der Waals surface area contributed by atoms with Gasteiger partial charge in [-0.3, -0.25) is 0 Å². The molecule has 1 amide bonds. The second kappa shape index (κ2) is 7.29. The molecule has 0 bridgehead atoms. The Morgan fingerprint density at radius 1 is 1.35 bits per heavy atom. The van der Waals surface area contributed by atoms with Crippen molar-refractivity contribution in [2.45, 2.75) is 39.7 Å². The van der Waals surface area contributed by atoms with Crippen LogP contribution in [0.2, 0.25) is 0 Å². The molecule has 3 N–H and O–H groups in total. The van der Waals surface area contributed by atoms with E-state index in [0.717, 1.165) is 6.42 Å². The van der Waals surface area contributed by atoms with Crippen LogP contribution in [-0.2, 0) is 11.2 Å². The molecule has 1 unspecified atom stereocenters. The molecule has 0 aliphatic rings. The molecule has 0 radical (unpaired) electrons. The quantitative estimate of drug-likeness (QED) is 0.870. The Morgan fingerprint density at radius 3 is 2.55 bits per heavy atom. The number of ether oxygens (including phenoxy) is 1. The summed E-state index contributed by atoms with van der Waals surface area (Å²) in [6, 6.07) is 8.24. The molecule has 0 spiro atoms. The summed E-state index contributed by atoms with van der Waals surface area (Å²) >= 11 is 0. The number of rotatable bonds is 5. The van der Waals surface area contributed by atoms with E-state index in [4.69, 9.17) is 10.5 Å². The molecular weight excluding hydrogens is 252 g/mol. The van der Waals surface area contributed by atoms with E-state index in [1.54, 1.807) is 0 Å². The van der Waals surface area contributed by atoms with Crippen molar-refractivity contribution < 1.29 is 9.53 Å². The predicted octanol–water partition coefficient (Wildman–Crippen LogP) is 2.64. The van der Waals surface area contributed by atoms with Crippen molar-refractivity contribution in [3.8, 4) is 0 Å². The lowest BCUT2D eigenvalue weighted by Gasteiger charge is -2.21. The Balaban J connectivity index is 2.48. The normalized spacial score (nSPS) is 12.8.